The van der Waals surface area contributed by atoms with Gasteiger partial charge in [0.1, 0.15) is 0 Å². The molecule has 0 unspecified atom stereocenters. The number of hydrogen-bond acceptors (Lipinski definition) is 2. The summed E-state index contributed by atoms with van der Waals surface area (Å²) < 4.78 is 3.37. The van der Waals surface area contributed by atoms with Crippen LogP contribution in [0.4, 0.5) is 0 Å². The fourth-order valence-corrected chi connectivity index (χ4v) is 4.52. The molecule has 120 valence electrons. The lowest BCUT2D eigenvalue weighted by molar-refractivity contribution is 0.0999. The van der Waals surface area contributed by atoms with Crippen LogP contribution >= 0.6 is 22.9 Å². The molecule has 0 saturated heterocycles. The average Bonchev–Trinajstić information content (AvgIpc) is 2.97. The summed E-state index contributed by atoms with van der Waals surface area (Å²) in [4.78, 5) is 12.9. The molecule has 2 aromatic heterocycles. The summed E-state index contributed by atoms with van der Waals surface area (Å²) in [5, 5.41) is 1.89. The minimum atomic E-state index is -0.384. The maximum absolute atomic E-state index is 11.7. The van der Waals surface area contributed by atoms with E-state index in [0.717, 1.165) is 26.7 Å². The molecule has 0 aliphatic heterocycles. The van der Waals surface area contributed by atoms with Gasteiger partial charge in [-0.15, -0.1) is 11.3 Å². The molecule has 0 saturated carbocycles. The number of thiophene rings is 1. The third-order valence-corrected chi connectivity index (χ3v) is 5.73. The van der Waals surface area contributed by atoms with E-state index in [0.29, 0.717) is 5.56 Å². The van der Waals surface area contributed by atoms with Gasteiger partial charge in [0.15, 0.2) is 0 Å². The van der Waals surface area contributed by atoms with Crippen LogP contribution in [-0.2, 0) is 0 Å². The molecule has 1 aromatic carbocycles. The van der Waals surface area contributed by atoms with E-state index in [1.807, 2.05) is 31.2 Å². The van der Waals surface area contributed by atoms with Crippen molar-refractivity contribution < 1.29 is 4.79 Å². The smallest absolute Gasteiger partial charge is 0.250 e. The van der Waals surface area contributed by atoms with Crippen LogP contribution < -0.4 is 5.73 Å². The van der Waals surface area contributed by atoms with Crippen molar-refractivity contribution in [3.63, 3.8) is 0 Å². The Morgan fingerprint density at radius 3 is 2.57 bits per heavy atom. The maximum Gasteiger partial charge on any atom is 0.250 e. The summed E-state index contributed by atoms with van der Waals surface area (Å²) in [6.07, 6.45) is 0. The lowest BCUT2D eigenvalue weighted by Crippen LogP contribution is -2.13. The fourth-order valence-electron chi connectivity index (χ4n) is 3.15. The number of benzene rings is 1. The number of aromatic nitrogens is 1. The summed E-state index contributed by atoms with van der Waals surface area (Å²) in [5.41, 5.74) is 9.27. The topological polar surface area (TPSA) is 48.0 Å². The second-order valence-corrected chi connectivity index (χ2v) is 7.54. The third-order valence-electron chi connectivity index (χ3n) is 4.20. The Kier molecular flexibility index (Phi) is 3.98. The number of fused-ring (bicyclic) bond motifs is 1. The third kappa shape index (κ3) is 2.56. The van der Waals surface area contributed by atoms with Crippen LogP contribution in [0.5, 0.6) is 0 Å². The molecule has 0 fully saturated rings. The average molecular weight is 347 g/mol. The van der Waals surface area contributed by atoms with Crippen LogP contribution in [-0.4, -0.2) is 10.5 Å². The molecular weight excluding hydrogens is 328 g/mol. The number of carbonyl (C=O) groups is 1. The van der Waals surface area contributed by atoms with Crippen LogP contribution in [0.3, 0.4) is 0 Å². The number of halogens is 1. The van der Waals surface area contributed by atoms with E-state index in [1.165, 1.54) is 10.3 Å². The first-order valence-electron chi connectivity index (χ1n) is 7.52. The van der Waals surface area contributed by atoms with Gasteiger partial charge in [0, 0.05) is 21.5 Å². The Hall–Kier alpha value is -1.78. The van der Waals surface area contributed by atoms with Gasteiger partial charge in [-0.25, -0.2) is 0 Å². The van der Waals surface area contributed by atoms with Crippen molar-refractivity contribution in [1.82, 2.24) is 4.57 Å². The van der Waals surface area contributed by atoms with E-state index in [4.69, 9.17) is 17.3 Å². The maximum atomic E-state index is 11.7. The van der Waals surface area contributed by atoms with Gasteiger partial charge in [-0.2, -0.15) is 0 Å². The van der Waals surface area contributed by atoms with Crippen molar-refractivity contribution >= 4 is 38.9 Å². The van der Waals surface area contributed by atoms with Crippen molar-refractivity contribution in [3.8, 4) is 10.6 Å². The van der Waals surface area contributed by atoms with Gasteiger partial charge in [0.05, 0.1) is 16.1 Å². The molecule has 23 heavy (non-hydrogen) atoms. The Morgan fingerprint density at radius 2 is 1.96 bits per heavy atom. The first-order valence-corrected chi connectivity index (χ1v) is 8.71. The van der Waals surface area contributed by atoms with E-state index < -0.39 is 0 Å². The van der Waals surface area contributed by atoms with E-state index in [9.17, 15) is 4.79 Å². The molecule has 3 nitrogen and oxygen atoms in total. The molecule has 0 spiro atoms. The second kappa shape index (κ2) is 5.69. The number of hydrogen-bond donors (Lipinski definition) is 1. The van der Waals surface area contributed by atoms with Crippen LogP contribution in [0.2, 0.25) is 5.02 Å². The zero-order chi connectivity index (χ0) is 16.9. The highest BCUT2D eigenvalue weighted by Crippen LogP contribution is 2.41. The fraction of sp³-hybridized carbons (Fsp3) is 0.278. The van der Waals surface area contributed by atoms with Gasteiger partial charge in [-0.1, -0.05) is 11.6 Å². The van der Waals surface area contributed by atoms with E-state index in [-0.39, 0.29) is 11.9 Å². The van der Waals surface area contributed by atoms with Crippen LogP contribution in [0.15, 0.2) is 24.3 Å². The zero-order valence-corrected chi connectivity index (χ0v) is 15.2. The van der Waals surface area contributed by atoms with Gasteiger partial charge in [0.25, 0.3) is 5.91 Å². The van der Waals surface area contributed by atoms with Crippen molar-refractivity contribution in [1.29, 1.82) is 0 Å². The van der Waals surface area contributed by atoms with E-state index >= 15 is 0 Å². The number of aryl methyl sites for hydroxylation is 1. The molecular formula is C18H19ClN2OS. The second-order valence-electron chi connectivity index (χ2n) is 6.05. The molecule has 0 atom stereocenters. The molecule has 3 aromatic rings. The molecule has 2 heterocycles. The number of primary amides is 1. The van der Waals surface area contributed by atoms with Crippen LogP contribution in [0.1, 0.15) is 41.5 Å². The minimum absolute atomic E-state index is 0.242. The lowest BCUT2D eigenvalue weighted by Gasteiger charge is -2.15. The molecule has 5 heteroatoms. The highest BCUT2D eigenvalue weighted by Gasteiger charge is 2.21. The number of carbonyl (C=O) groups excluding carboxylic acids is 1. The first kappa shape index (κ1) is 16.1. The highest BCUT2D eigenvalue weighted by atomic mass is 35.5. The number of nitrogens with two attached hydrogens (primary N) is 1. The van der Waals surface area contributed by atoms with Crippen LogP contribution in [0.25, 0.3) is 20.7 Å². The lowest BCUT2D eigenvalue weighted by atomic mass is 10.1. The standard InChI is InChI=1S/C18H19ClN2OS/c1-9(2)21-11(4)14(18(20)22)8-15(21)17-10(3)13-7-12(19)5-6-16(13)23-17/h5-9H,1-4H3,(H2,20,22). The number of amides is 1. The molecule has 3 rings (SSSR count). The summed E-state index contributed by atoms with van der Waals surface area (Å²) >= 11 is 7.86. The predicted molar refractivity (Wildman–Crippen MR) is 98.6 cm³/mol. The van der Waals surface area contributed by atoms with Gasteiger partial charge < -0.3 is 10.3 Å². The first-order chi connectivity index (χ1) is 10.8. The number of nitrogens with zero attached hydrogens (tertiary/aromatic N) is 1. The summed E-state index contributed by atoms with van der Waals surface area (Å²) in [5.74, 6) is -0.384. The quantitative estimate of drug-likeness (QED) is 0.685. The molecule has 0 radical (unpaired) electrons. The van der Waals surface area contributed by atoms with Gasteiger partial charge in [0.2, 0.25) is 0 Å². The Balaban J connectivity index is 2.32. The summed E-state index contributed by atoms with van der Waals surface area (Å²) in [7, 11) is 0. The summed E-state index contributed by atoms with van der Waals surface area (Å²) in [6.45, 7) is 8.27. The largest absolute Gasteiger partial charge is 0.366 e. The SMILES string of the molecule is Cc1c(-c2cc(C(N)=O)c(C)n2C(C)C)sc2ccc(Cl)cc12. The molecule has 0 bridgehead atoms. The number of rotatable bonds is 3. The monoisotopic (exact) mass is 346 g/mol. The van der Waals surface area contributed by atoms with Crippen molar-refractivity contribution in [2.75, 3.05) is 0 Å². The predicted octanol–water partition coefficient (Wildman–Crippen LogP) is 5.32. The highest BCUT2D eigenvalue weighted by molar-refractivity contribution is 7.22. The van der Waals surface area contributed by atoms with Gasteiger partial charge in [-0.3, -0.25) is 4.79 Å². The Labute approximate surface area is 144 Å². The normalized spacial score (nSPS) is 11.6. The van der Waals surface area contributed by atoms with Crippen molar-refractivity contribution in [2.45, 2.75) is 33.7 Å². The Morgan fingerprint density at radius 1 is 1.26 bits per heavy atom. The van der Waals surface area contributed by atoms with Crippen molar-refractivity contribution in [2.24, 2.45) is 5.73 Å². The minimum Gasteiger partial charge on any atom is -0.366 e. The molecule has 1 amide bonds. The molecule has 2 N–H and O–H groups in total. The summed E-state index contributed by atoms with van der Waals surface area (Å²) in [6, 6.07) is 8.11. The van der Waals surface area contributed by atoms with E-state index in [2.05, 4.69) is 25.3 Å². The Bertz CT molecular complexity index is 921. The van der Waals surface area contributed by atoms with Gasteiger partial charge >= 0.3 is 0 Å². The molecule has 0 aliphatic carbocycles. The van der Waals surface area contributed by atoms with Gasteiger partial charge in [-0.05, 0) is 62.9 Å². The van der Waals surface area contributed by atoms with Crippen molar-refractivity contribution in [3.05, 3.63) is 46.1 Å². The zero-order valence-electron chi connectivity index (χ0n) is 13.6. The molecule has 0 aliphatic rings. The van der Waals surface area contributed by atoms with Crippen LogP contribution in [0, 0.1) is 13.8 Å². The van der Waals surface area contributed by atoms with E-state index in [1.54, 1.807) is 11.3 Å².